The topological polar surface area (TPSA) is 50.9 Å². The summed E-state index contributed by atoms with van der Waals surface area (Å²) in [5.41, 5.74) is 16.1. The number of fused-ring (bicyclic) bond motifs is 1. The lowest BCUT2D eigenvalue weighted by Gasteiger charge is -2.22. The van der Waals surface area contributed by atoms with Gasteiger partial charge in [0.25, 0.3) is 0 Å². The van der Waals surface area contributed by atoms with Crippen LogP contribution < -0.4 is 0 Å². The van der Waals surface area contributed by atoms with E-state index in [1.54, 1.807) is 18.3 Å². The minimum absolute atomic E-state index is 0.00852. The first-order chi connectivity index (χ1) is 36.1. The predicted molar refractivity (Wildman–Crippen MR) is 295 cm³/mol. The van der Waals surface area contributed by atoms with Crippen molar-refractivity contribution in [3.8, 4) is 89.7 Å². The van der Waals surface area contributed by atoms with Crippen LogP contribution in [0.2, 0.25) is 0 Å². The molecule has 0 spiro atoms. The summed E-state index contributed by atoms with van der Waals surface area (Å²) in [6.45, 7) is 10.3. The first-order valence-corrected chi connectivity index (χ1v) is 24.2. The Bertz CT molecular complexity index is 3760. The highest BCUT2D eigenvalue weighted by Crippen LogP contribution is 2.46. The lowest BCUT2D eigenvalue weighted by Crippen LogP contribution is -2.10. The van der Waals surface area contributed by atoms with Crippen molar-refractivity contribution in [3.63, 3.8) is 0 Å². The Kier molecular flexibility index (Phi) is 10.4. The molecule has 2 heterocycles. The number of aromatic nitrogens is 3. The van der Waals surface area contributed by atoms with Gasteiger partial charge in [0.15, 0.2) is 0 Å². The average Bonchev–Trinajstić information content (AvgIpc) is 3.84. The summed E-state index contributed by atoms with van der Waals surface area (Å²) in [7, 11) is 0. The molecule has 4 nitrogen and oxygen atoms in total. The smallest absolute Gasteiger partial charge is 0.149 e. The van der Waals surface area contributed by atoms with E-state index in [9.17, 15) is 5.11 Å². The Hall–Kier alpha value is -7.82. The number of benzene rings is 8. The molecule has 70 heavy (non-hydrogen) atoms. The summed E-state index contributed by atoms with van der Waals surface area (Å²) in [6, 6.07) is 59.9. The Labute approximate surface area is 422 Å². The molecule has 8 aromatic carbocycles. The molecule has 0 amide bonds. The second-order valence-electron chi connectivity index (χ2n) is 20.0. The van der Waals surface area contributed by atoms with Crippen LogP contribution in [0.15, 0.2) is 188 Å². The molecule has 0 aliphatic carbocycles. The lowest BCUT2D eigenvalue weighted by molar-refractivity contribution is 0.466. The van der Waals surface area contributed by atoms with Gasteiger partial charge in [-0.2, -0.15) is 0 Å². The highest BCUT2D eigenvalue weighted by Gasteiger charge is 2.26. The van der Waals surface area contributed by atoms with Crippen molar-refractivity contribution in [1.29, 1.82) is 0 Å². The number of phenolic OH excluding ortho intramolecular Hbond substituents is 1. The van der Waals surface area contributed by atoms with Gasteiger partial charge >= 0.3 is 0 Å². The maximum Gasteiger partial charge on any atom is 0.149 e. The number of aromatic hydroxyl groups is 1. The van der Waals surface area contributed by atoms with E-state index >= 15 is 0 Å². The van der Waals surface area contributed by atoms with Crippen molar-refractivity contribution in [2.75, 3.05) is 0 Å². The van der Waals surface area contributed by atoms with Crippen LogP contribution in [0.5, 0.6) is 5.75 Å². The zero-order valence-corrected chi connectivity index (χ0v) is 40.8. The predicted octanol–water partition coefficient (Wildman–Crippen LogP) is 18.0. The molecule has 0 unspecified atom stereocenters. The number of imidazole rings is 1. The molecule has 10 aromatic rings. The quantitative estimate of drug-likeness (QED) is 0.149. The van der Waals surface area contributed by atoms with Crippen molar-refractivity contribution in [2.45, 2.75) is 79.4 Å². The highest BCUT2D eigenvalue weighted by atomic mass is 16.3. The normalized spacial score (nSPS) is 13.4. The number of nitrogens with zero attached hydrogens (tertiary/aromatic N) is 3. The molecular weight excluding hydrogens is 851 g/mol. The van der Waals surface area contributed by atoms with E-state index in [0.717, 1.165) is 78.0 Å². The van der Waals surface area contributed by atoms with Crippen molar-refractivity contribution >= 4 is 11.0 Å². The number of hydrogen-bond acceptors (Lipinski definition) is 3. The molecule has 0 fully saturated rings. The number of phenols is 1. The van der Waals surface area contributed by atoms with Gasteiger partial charge in [0.05, 0.1) is 28.0 Å². The summed E-state index contributed by atoms with van der Waals surface area (Å²) in [6.07, 6.45) is 1.78. The van der Waals surface area contributed by atoms with Crippen molar-refractivity contribution in [2.24, 2.45) is 0 Å². The first kappa shape index (κ1) is 39.1. The summed E-state index contributed by atoms with van der Waals surface area (Å²) < 4.78 is 52.8. The summed E-state index contributed by atoms with van der Waals surface area (Å²) in [5, 5.41) is 12.6. The summed E-state index contributed by atoms with van der Waals surface area (Å²) in [5.74, 6) is 0.773. The van der Waals surface area contributed by atoms with Gasteiger partial charge in [-0.25, -0.2) is 4.98 Å². The maximum atomic E-state index is 12.6. The largest absolute Gasteiger partial charge is 0.507 e. The number of para-hydroxylation sites is 1. The van der Waals surface area contributed by atoms with Crippen LogP contribution >= 0.6 is 0 Å². The zero-order valence-electron chi connectivity index (χ0n) is 46.8. The van der Waals surface area contributed by atoms with E-state index in [1.165, 1.54) is 0 Å². The van der Waals surface area contributed by atoms with Gasteiger partial charge in [-0.1, -0.05) is 181 Å². The highest BCUT2D eigenvalue weighted by molar-refractivity contribution is 5.99. The van der Waals surface area contributed by atoms with Crippen LogP contribution in [0.25, 0.3) is 95.0 Å². The molecule has 0 atom stereocenters. The van der Waals surface area contributed by atoms with Crippen LogP contribution in [0.3, 0.4) is 0 Å². The van der Waals surface area contributed by atoms with Gasteiger partial charge < -0.3 is 5.11 Å². The van der Waals surface area contributed by atoms with E-state index in [-0.39, 0.29) is 34.1 Å². The molecule has 1 N–H and O–H groups in total. The zero-order chi connectivity index (χ0) is 53.8. The van der Waals surface area contributed by atoms with E-state index < -0.39 is 13.7 Å². The fourth-order valence-electron chi connectivity index (χ4n) is 9.55. The van der Waals surface area contributed by atoms with Gasteiger partial charge in [0.2, 0.25) is 0 Å². The third-order valence-electron chi connectivity index (χ3n) is 13.5. The van der Waals surface area contributed by atoms with Crippen molar-refractivity contribution in [3.05, 3.63) is 216 Å². The van der Waals surface area contributed by atoms with Crippen molar-refractivity contribution in [1.82, 2.24) is 14.5 Å². The summed E-state index contributed by atoms with van der Waals surface area (Å²) in [4.78, 5) is 10.6. The molecule has 346 valence electrons. The Balaban J connectivity index is 1.29. The molecule has 10 rings (SSSR count). The number of rotatable bonds is 10. The number of pyridine rings is 1. The van der Waals surface area contributed by atoms with Crippen LogP contribution in [-0.2, 0) is 5.41 Å². The van der Waals surface area contributed by atoms with Crippen LogP contribution in [-0.4, -0.2) is 19.6 Å². The first-order valence-electron chi connectivity index (χ1n) is 27.2. The van der Waals surface area contributed by atoms with Gasteiger partial charge in [-0.05, 0) is 152 Å². The molecular formula is C66H61N3O. The molecule has 2 aromatic heterocycles. The molecule has 0 radical (unpaired) electrons. The SMILES string of the molecule is [2H]C([2H])([2H])c1ccc(-c2ccnc(-c3cc(-c4ccccc4)cc(-c4cccc5c4nc(-c4cc(C(C)C)cc(C(C)C)c4O)n5-c4cc(-c5ccccc5)c(C([2H])([2H])[2H])cc4-c4ccc(C(C)(C)C)cc4)c3)c2)cc1. The molecule has 0 saturated heterocycles. The number of aryl methyl sites for hydroxylation is 2. The molecule has 0 aliphatic heterocycles. The fraction of sp³-hybridized carbons (Fsp3) is 0.182. The molecule has 4 heteroatoms. The van der Waals surface area contributed by atoms with E-state index in [1.807, 2.05) is 91.0 Å². The average molecular weight is 918 g/mol. The molecule has 0 bridgehead atoms. The van der Waals surface area contributed by atoms with Crippen molar-refractivity contribution < 1.29 is 13.3 Å². The summed E-state index contributed by atoms with van der Waals surface area (Å²) >= 11 is 0. The Morgan fingerprint density at radius 3 is 1.84 bits per heavy atom. The maximum absolute atomic E-state index is 12.6. The van der Waals surface area contributed by atoms with Gasteiger partial charge in [0.1, 0.15) is 11.6 Å². The van der Waals surface area contributed by atoms with Gasteiger partial charge in [-0.3, -0.25) is 9.55 Å². The second-order valence-corrected chi connectivity index (χ2v) is 20.0. The van der Waals surface area contributed by atoms with Crippen LogP contribution in [0.1, 0.15) is 96.3 Å². The van der Waals surface area contributed by atoms with Crippen LogP contribution in [0, 0.1) is 13.7 Å². The minimum atomic E-state index is -2.47. The molecule has 0 saturated carbocycles. The Morgan fingerprint density at radius 1 is 0.514 bits per heavy atom. The van der Waals surface area contributed by atoms with E-state index in [0.29, 0.717) is 33.7 Å². The van der Waals surface area contributed by atoms with E-state index in [4.69, 9.17) is 18.2 Å². The third kappa shape index (κ3) is 8.87. The standard InChI is InChI=1S/C66H61N3O/c1-41(2)50-37-56(42(3)4)64(70)59(38-50)65-68-63-55(52-34-51(45-17-12-10-13-18-45)35-53(36-52)60-39-49(31-32-67-60)46-25-23-43(5)24-26-46)21-16-22-61(63)69(65)62-40-57(47-19-14-11-15-20-47)44(6)33-58(62)48-27-29-54(30-28-48)66(7,8)9/h10-42,70H,1-9H3/i5D3,6D3. The second kappa shape index (κ2) is 18.6. The van der Waals surface area contributed by atoms with Crippen LogP contribution in [0.4, 0.5) is 0 Å². The Morgan fingerprint density at radius 2 is 1.17 bits per heavy atom. The van der Waals surface area contributed by atoms with E-state index in [2.05, 4.69) is 132 Å². The van der Waals surface area contributed by atoms with Gasteiger partial charge in [-0.15, -0.1) is 0 Å². The molecule has 0 aliphatic rings. The van der Waals surface area contributed by atoms with Gasteiger partial charge in [0, 0.05) is 31.1 Å². The minimum Gasteiger partial charge on any atom is -0.507 e. The lowest BCUT2D eigenvalue weighted by atomic mass is 9.85. The monoisotopic (exact) mass is 918 g/mol. The number of hydrogen-bond donors (Lipinski definition) is 1. The third-order valence-corrected chi connectivity index (χ3v) is 13.5. The fourth-order valence-corrected chi connectivity index (χ4v) is 9.55.